The van der Waals surface area contributed by atoms with Crippen LogP contribution in [0.2, 0.25) is 0 Å². The Morgan fingerprint density at radius 1 is 1.38 bits per heavy atom. The number of aliphatic imine (C=N–C) groups is 1. The number of guanidine groups is 1. The Morgan fingerprint density at radius 2 is 2.25 bits per heavy atom. The van der Waals surface area contributed by atoms with Crippen molar-refractivity contribution in [3.05, 3.63) is 24.2 Å². The molecule has 0 aliphatic heterocycles. The lowest BCUT2D eigenvalue weighted by Crippen LogP contribution is -2.39. The highest BCUT2D eigenvalue weighted by Gasteiger charge is 2.20. The Bertz CT molecular complexity index is 498. The molecule has 134 valence electrons. The number of furan rings is 1. The molecule has 1 aromatic rings. The van der Waals surface area contributed by atoms with Gasteiger partial charge >= 0.3 is 0 Å². The first kappa shape index (κ1) is 18.3. The van der Waals surface area contributed by atoms with Crippen LogP contribution >= 0.6 is 0 Å². The van der Waals surface area contributed by atoms with Gasteiger partial charge in [0.1, 0.15) is 12.3 Å². The maximum absolute atomic E-state index is 11.8. The molecule has 0 aromatic carbocycles. The molecule has 2 rings (SSSR count). The fourth-order valence-electron chi connectivity index (χ4n) is 2.06. The van der Waals surface area contributed by atoms with Gasteiger partial charge in [-0.3, -0.25) is 4.79 Å². The molecule has 1 aromatic heterocycles. The van der Waals surface area contributed by atoms with Crippen LogP contribution in [0, 0.1) is 5.92 Å². The Labute approximate surface area is 143 Å². The van der Waals surface area contributed by atoms with Crippen molar-refractivity contribution >= 4 is 11.9 Å². The first-order valence-corrected chi connectivity index (χ1v) is 8.67. The number of nitrogens with one attached hydrogen (secondary N) is 3. The first-order chi connectivity index (χ1) is 11.8. The van der Waals surface area contributed by atoms with Gasteiger partial charge in [-0.05, 0) is 44.2 Å². The van der Waals surface area contributed by atoms with Crippen molar-refractivity contribution < 1.29 is 13.9 Å². The predicted molar refractivity (Wildman–Crippen MR) is 92.7 cm³/mol. The zero-order chi connectivity index (χ0) is 17.0. The van der Waals surface area contributed by atoms with Crippen molar-refractivity contribution in [1.29, 1.82) is 0 Å². The minimum atomic E-state index is -0.142. The highest BCUT2D eigenvalue weighted by Crippen LogP contribution is 2.28. The number of hydrogen-bond acceptors (Lipinski definition) is 4. The number of amides is 1. The standard InChI is InChI=1S/C17H28N4O3/c1-2-18-17(19-8-4-9-23-13-14-6-7-14)21-12-16(22)20-11-15-5-3-10-24-15/h3,5,10,14H,2,4,6-9,11-13H2,1H3,(H,20,22)(H2,18,19,21). The van der Waals surface area contributed by atoms with Crippen LogP contribution in [0.4, 0.5) is 0 Å². The summed E-state index contributed by atoms with van der Waals surface area (Å²) >= 11 is 0. The summed E-state index contributed by atoms with van der Waals surface area (Å²) in [6, 6.07) is 3.61. The van der Waals surface area contributed by atoms with Crippen LogP contribution in [0.15, 0.2) is 27.8 Å². The summed E-state index contributed by atoms with van der Waals surface area (Å²) in [5.74, 6) is 2.03. The summed E-state index contributed by atoms with van der Waals surface area (Å²) in [4.78, 5) is 16.1. The number of hydrogen-bond donors (Lipinski definition) is 3. The van der Waals surface area contributed by atoms with E-state index in [0.717, 1.165) is 44.4 Å². The van der Waals surface area contributed by atoms with Gasteiger partial charge < -0.3 is 25.1 Å². The Morgan fingerprint density at radius 3 is 2.96 bits per heavy atom. The van der Waals surface area contributed by atoms with E-state index in [2.05, 4.69) is 20.9 Å². The maximum Gasteiger partial charge on any atom is 0.242 e. The Balaban J connectivity index is 1.58. The smallest absolute Gasteiger partial charge is 0.242 e. The predicted octanol–water partition coefficient (Wildman–Crippen LogP) is 1.27. The molecule has 0 unspecified atom stereocenters. The van der Waals surface area contributed by atoms with Crippen LogP contribution in [-0.4, -0.2) is 44.7 Å². The highest BCUT2D eigenvalue weighted by atomic mass is 16.5. The lowest BCUT2D eigenvalue weighted by molar-refractivity contribution is -0.119. The summed E-state index contributed by atoms with van der Waals surface area (Å²) < 4.78 is 10.8. The number of carbonyl (C=O) groups is 1. The second-order valence-corrected chi connectivity index (χ2v) is 5.85. The lowest BCUT2D eigenvalue weighted by atomic mass is 10.4. The average molecular weight is 336 g/mol. The van der Waals surface area contributed by atoms with E-state index < -0.39 is 0 Å². The number of carbonyl (C=O) groups excluding carboxylic acids is 1. The SMILES string of the molecule is CCNC(=NCC(=O)NCc1ccco1)NCCCOCC1CC1. The molecule has 0 bridgehead atoms. The minimum absolute atomic E-state index is 0.0776. The molecular weight excluding hydrogens is 308 g/mol. The third kappa shape index (κ3) is 8.01. The van der Waals surface area contributed by atoms with Gasteiger partial charge in [0.15, 0.2) is 5.96 Å². The van der Waals surface area contributed by atoms with Gasteiger partial charge in [0.2, 0.25) is 5.91 Å². The molecule has 0 saturated heterocycles. The molecule has 1 fully saturated rings. The molecular formula is C17H28N4O3. The normalized spacial score (nSPS) is 14.5. The molecule has 1 aliphatic carbocycles. The van der Waals surface area contributed by atoms with E-state index in [9.17, 15) is 4.79 Å². The van der Waals surface area contributed by atoms with Crippen LogP contribution in [0.3, 0.4) is 0 Å². The maximum atomic E-state index is 11.8. The Hall–Kier alpha value is -2.02. The molecule has 1 heterocycles. The monoisotopic (exact) mass is 336 g/mol. The van der Waals surface area contributed by atoms with Crippen LogP contribution in [0.25, 0.3) is 0 Å². The summed E-state index contributed by atoms with van der Waals surface area (Å²) in [7, 11) is 0. The van der Waals surface area contributed by atoms with E-state index in [1.54, 1.807) is 12.3 Å². The van der Waals surface area contributed by atoms with Crippen molar-refractivity contribution in [3.63, 3.8) is 0 Å². The summed E-state index contributed by atoms with van der Waals surface area (Å²) in [6.07, 6.45) is 5.14. The lowest BCUT2D eigenvalue weighted by Gasteiger charge is -2.11. The van der Waals surface area contributed by atoms with Gasteiger partial charge in [0.25, 0.3) is 0 Å². The van der Waals surface area contributed by atoms with E-state index in [0.29, 0.717) is 12.5 Å². The fourth-order valence-corrected chi connectivity index (χ4v) is 2.06. The van der Waals surface area contributed by atoms with Gasteiger partial charge in [-0.1, -0.05) is 0 Å². The van der Waals surface area contributed by atoms with Crippen molar-refractivity contribution in [3.8, 4) is 0 Å². The fraction of sp³-hybridized carbons (Fsp3) is 0.647. The Kier molecular flexibility index (Phi) is 8.17. The molecule has 0 atom stereocenters. The molecule has 3 N–H and O–H groups in total. The zero-order valence-corrected chi connectivity index (χ0v) is 14.3. The van der Waals surface area contributed by atoms with Gasteiger partial charge in [0, 0.05) is 26.3 Å². The van der Waals surface area contributed by atoms with E-state index in [1.165, 1.54) is 12.8 Å². The molecule has 7 heteroatoms. The second kappa shape index (κ2) is 10.7. The molecule has 24 heavy (non-hydrogen) atoms. The average Bonchev–Trinajstić information content (AvgIpc) is 3.26. The van der Waals surface area contributed by atoms with Gasteiger partial charge in [0.05, 0.1) is 12.8 Å². The van der Waals surface area contributed by atoms with Gasteiger partial charge in [-0.15, -0.1) is 0 Å². The largest absolute Gasteiger partial charge is 0.467 e. The molecule has 7 nitrogen and oxygen atoms in total. The summed E-state index contributed by atoms with van der Waals surface area (Å²) in [5, 5.41) is 9.10. The van der Waals surface area contributed by atoms with E-state index in [-0.39, 0.29) is 12.5 Å². The number of ether oxygens (including phenoxy) is 1. The third-order valence-corrected chi connectivity index (χ3v) is 3.57. The number of rotatable bonds is 11. The molecule has 0 spiro atoms. The molecule has 1 amide bonds. The third-order valence-electron chi connectivity index (χ3n) is 3.57. The number of nitrogens with zero attached hydrogens (tertiary/aromatic N) is 1. The zero-order valence-electron chi connectivity index (χ0n) is 14.3. The summed E-state index contributed by atoms with van der Waals surface area (Å²) in [5.41, 5.74) is 0. The minimum Gasteiger partial charge on any atom is -0.467 e. The van der Waals surface area contributed by atoms with Crippen molar-refractivity contribution in [2.75, 3.05) is 32.8 Å². The van der Waals surface area contributed by atoms with E-state index in [4.69, 9.17) is 9.15 Å². The van der Waals surface area contributed by atoms with Crippen molar-refractivity contribution in [1.82, 2.24) is 16.0 Å². The summed E-state index contributed by atoms with van der Waals surface area (Å²) in [6.45, 7) is 5.61. The van der Waals surface area contributed by atoms with Crippen LogP contribution in [0.1, 0.15) is 31.9 Å². The molecule has 0 radical (unpaired) electrons. The van der Waals surface area contributed by atoms with Crippen molar-refractivity contribution in [2.24, 2.45) is 10.9 Å². The topological polar surface area (TPSA) is 87.9 Å². The molecule has 1 aliphatic rings. The highest BCUT2D eigenvalue weighted by molar-refractivity contribution is 5.84. The van der Waals surface area contributed by atoms with Crippen LogP contribution < -0.4 is 16.0 Å². The van der Waals surface area contributed by atoms with Crippen LogP contribution in [0.5, 0.6) is 0 Å². The van der Waals surface area contributed by atoms with Crippen LogP contribution in [-0.2, 0) is 16.1 Å². The quantitative estimate of drug-likeness (QED) is 0.322. The van der Waals surface area contributed by atoms with Gasteiger partial charge in [-0.2, -0.15) is 0 Å². The first-order valence-electron chi connectivity index (χ1n) is 8.67. The van der Waals surface area contributed by atoms with E-state index in [1.807, 2.05) is 13.0 Å². The van der Waals surface area contributed by atoms with Crippen molar-refractivity contribution in [2.45, 2.75) is 32.7 Å². The second-order valence-electron chi connectivity index (χ2n) is 5.85. The molecule has 1 saturated carbocycles. The van der Waals surface area contributed by atoms with E-state index >= 15 is 0 Å². The van der Waals surface area contributed by atoms with Gasteiger partial charge in [-0.25, -0.2) is 4.99 Å².